The molecular formula is C11H14O3. The van der Waals surface area contributed by atoms with E-state index in [1.54, 1.807) is 6.08 Å². The fraction of sp³-hybridized carbons (Fsp3) is 0.545. The lowest BCUT2D eigenvalue weighted by molar-refractivity contribution is -0.148. The first kappa shape index (κ1) is 9.46. The van der Waals surface area contributed by atoms with Crippen LogP contribution in [0.2, 0.25) is 0 Å². The van der Waals surface area contributed by atoms with Crippen molar-refractivity contribution in [2.45, 2.75) is 31.5 Å². The molecule has 14 heavy (non-hydrogen) atoms. The van der Waals surface area contributed by atoms with Gasteiger partial charge in [-0.3, -0.25) is 0 Å². The van der Waals surface area contributed by atoms with E-state index in [0.717, 1.165) is 12.8 Å². The summed E-state index contributed by atoms with van der Waals surface area (Å²) in [4.78, 5) is 11.6. The number of rotatable bonds is 4. The maximum atomic E-state index is 11.6. The number of ether oxygens (including phenoxy) is 2. The summed E-state index contributed by atoms with van der Waals surface area (Å²) in [6, 6.07) is 0. The zero-order valence-electron chi connectivity index (χ0n) is 8.23. The van der Waals surface area contributed by atoms with Crippen LogP contribution in [0.4, 0.5) is 0 Å². The highest BCUT2D eigenvalue weighted by Crippen LogP contribution is 2.42. The van der Waals surface area contributed by atoms with Crippen molar-refractivity contribution in [2.24, 2.45) is 0 Å². The number of allylic oxidation sites excluding steroid dienone is 2. The second kappa shape index (κ2) is 3.58. The van der Waals surface area contributed by atoms with Crippen molar-refractivity contribution in [3.8, 4) is 0 Å². The van der Waals surface area contributed by atoms with Crippen LogP contribution in [0.5, 0.6) is 0 Å². The highest BCUT2D eigenvalue weighted by atomic mass is 16.7. The molecular weight excluding hydrogens is 180 g/mol. The first-order valence-corrected chi connectivity index (χ1v) is 5.00. The van der Waals surface area contributed by atoms with Crippen LogP contribution in [0, 0.1) is 0 Å². The van der Waals surface area contributed by atoms with Crippen LogP contribution in [-0.2, 0) is 14.3 Å². The van der Waals surface area contributed by atoms with Gasteiger partial charge in [0, 0.05) is 0 Å². The Bertz CT molecular complexity index is 293. The van der Waals surface area contributed by atoms with Crippen molar-refractivity contribution >= 4 is 5.97 Å². The predicted molar refractivity (Wildman–Crippen MR) is 51.8 cm³/mol. The van der Waals surface area contributed by atoms with E-state index >= 15 is 0 Å². The topological polar surface area (TPSA) is 38.8 Å². The maximum absolute atomic E-state index is 11.6. The molecule has 3 heteroatoms. The van der Waals surface area contributed by atoms with Crippen molar-refractivity contribution in [1.29, 1.82) is 0 Å². The van der Waals surface area contributed by atoms with Crippen molar-refractivity contribution in [3.63, 3.8) is 0 Å². The van der Waals surface area contributed by atoms with Gasteiger partial charge in [-0.2, -0.15) is 0 Å². The van der Waals surface area contributed by atoms with Crippen LogP contribution in [0.3, 0.4) is 0 Å². The Morgan fingerprint density at radius 1 is 1.57 bits per heavy atom. The Hall–Kier alpha value is -1.09. The molecule has 2 unspecified atom stereocenters. The summed E-state index contributed by atoms with van der Waals surface area (Å²) in [7, 11) is 0. The Kier molecular flexibility index (Phi) is 2.42. The summed E-state index contributed by atoms with van der Waals surface area (Å²) in [6.45, 7) is 2.55. The standard InChI is InChI=1S/C11H14O3/c1-2-3-8-13-10(12)11-7-5-4-6-9(11)14-11/h4-7,9H,2-3,8H2,1H3. The Labute approximate surface area is 83.4 Å². The fourth-order valence-electron chi connectivity index (χ4n) is 1.51. The van der Waals surface area contributed by atoms with Gasteiger partial charge in [-0.05, 0) is 12.5 Å². The highest BCUT2D eigenvalue weighted by Gasteiger charge is 2.61. The minimum atomic E-state index is -0.775. The van der Waals surface area contributed by atoms with Gasteiger partial charge in [-0.15, -0.1) is 0 Å². The summed E-state index contributed by atoms with van der Waals surface area (Å²) in [6.07, 6.45) is 9.20. The molecule has 1 aliphatic carbocycles. The first-order chi connectivity index (χ1) is 6.79. The molecule has 3 nitrogen and oxygen atoms in total. The lowest BCUT2D eigenvalue weighted by Crippen LogP contribution is -2.28. The third kappa shape index (κ3) is 1.48. The lowest BCUT2D eigenvalue weighted by atomic mass is 10.0. The number of unbranched alkanes of at least 4 members (excludes halogenated alkanes) is 1. The van der Waals surface area contributed by atoms with Gasteiger partial charge in [0.15, 0.2) is 0 Å². The van der Waals surface area contributed by atoms with E-state index in [2.05, 4.69) is 6.92 Å². The Balaban J connectivity index is 1.87. The quantitative estimate of drug-likeness (QED) is 0.387. The summed E-state index contributed by atoms with van der Waals surface area (Å²) in [5, 5.41) is 0. The van der Waals surface area contributed by atoms with E-state index in [4.69, 9.17) is 9.47 Å². The van der Waals surface area contributed by atoms with Crippen LogP contribution in [-0.4, -0.2) is 24.3 Å². The zero-order valence-corrected chi connectivity index (χ0v) is 8.23. The van der Waals surface area contributed by atoms with Gasteiger partial charge in [0.2, 0.25) is 5.60 Å². The van der Waals surface area contributed by atoms with E-state index in [1.165, 1.54) is 0 Å². The van der Waals surface area contributed by atoms with Gasteiger partial charge in [-0.1, -0.05) is 31.6 Å². The number of carbonyl (C=O) groups excluding carboxylic acids is 1. The SMILES string of the molecule is CCCCOC(=O)C12C=CC=CC1O2. The molecule has 1 heterocycles. The average molecular weight is 194 g/mol. The van der Waals surface area contributed by atoms with Crippen LogP contribution in [0.15, 0.2) is 24.3 Å². The second-order valence-electron chi connectivity index (χ2n) is 3.57. The number of fused-ring (bicyclic) bond motifs is 1. The minimum Gasteiger partial charge on any atom is -0.463 e. The smallest absolute Gasteiger partial charge is 0.345 e. The molecule has 2 aliphatic rings. The molecule has 1 aliphatic heterocycles. The minimum absolute atomic E-state index is 0.0957. The molecule has 2 atom stereocenters. The van der Waals surface area contributed by atoms with Crippen LogP contribution < -0.4 is 0 Å². The number of carbonyl (C=O) groups is 1. The van der Waals surface area contributed by atoms with Gasteiger partial charge in [0.05, 0.1) is 6.61 Å². The molecule has 0 saturated carbocycles. The third-order valence-electron chi connectivity index (χ3n) is 2.48. The van der Waals surface area contributed by atoms with Crippen LogP contribution >= 0.6 is 0 Å². The normalized spacial score (nSPS) is 32.5. The summed E-state index contributed by atoms with van der Waals surface area (Å²) < 4.78 is 10.4. The fourth-order valence-corrected chi connectivity index (χ4v) is 1.51. The molecule has 2 rings (SSSR count). The summed E-state index contributed by atoms with van der Waals surface area (Å²) in [5.41, 5.74) is -0.775. The second-order valence-corrected chi connectivity index (χ2v) is 3.57. The molecule has 76 valence electrons. The van der Waals surface area contributed by atoms with E-state index in [0.29, 0.717) is 6.61 Å². The number of esters is 1. The van der Waals surface area contributed by atoms with Gasteiger partial charge in [-0.25, -0.2) is 4.79 Å². The van der Waals surface area contributed by atoms with E-state index in [9.17, 15) is 4.79 Å². The van der Waals surface area contributed by atoms with Crippen LogP contribution in [0.25, 0.3) is 0 Å². The zero-order chi connectivity index (χ0) is 10.0. The van der Waals surface area contributed by atoms with Crippen molar-refractivity contribution in [1.82, 2.24) is 0 Å². The predicted octanol–water partition coefficient (Wildman–Crippen LogP) is 1.59. The molecule has 0 aromatic carbocycles. The lowest BCUT2D eigenvalue weighted by Gasteiger charge is -2.08. The van der Waals surface area contributed by atoms with Crippen LogP contribution in [0.1, 0.15) is 19.8 Å². The monoisotopic (exact) mass is 194 g/mol. The van der Waals surface area contributed by atoms with Gasteiger partial charge >= 0.3 is 5.97 Å². The molecule has 0 radical (unpaired) electrons. The van der Waals surface area contributed by atoms with Crippen molar-refractivity contribution < 1.29 is 14.3 Å². The van der Waals surface area contributed by atoms with Crippen molar-refractivity contribution in [2.75, 3.05) is 6.61 Å². The molecule has 1 fully saturated rings. The third-order valence-corrected chi connectivity index (χ3v) is 2.48. The molecule has 0 aromatic heterocycles. The van der Waals surface area contributed by atoms with Gasteiger partial charge in [0.25, 0.3) is 0 Å². The van der Waals surface area contributed by atoms with Crippen molar-refractivity contribution in [3.05, 3.63) is 24.3 Å². The molecule has 1 saturated heterocycles. The average Bonchev–Trinajstić information content (AvgIpc) is 2.93. The highest BCUT2D eigenvalue weighted by molar-refractivity contribution is 5.87. The summed E-state index contributed by atoms with van der Waals surface area (Å²) in [5.74, 6) is -0.253. The van der Waals surface area contributed by atoms with Gasteiger partial charge < -0.3 is 9.47 Å². The van der Waals surface area contributed by atoms with E-state index < -0.39 is 5.60 Å². The largest absolute Gasteiger partial charge is 0.463 e. The molecule has 0 spiro atoms. The van der Waals surface area contributed by atoms with Gasteiger partial charge in [0.1, 0.15) is 6.10 Å². The Morgan fingerprint density at radius 3 is 3.14 bits per heavy atom. The Morgan fingerprint density at radius 2 is 2.43 bits per heavy atom. The summed E-state index contributed by atoms with van der Waals surface area (Å²) >= 11 is 0. The first-order valence-electron chi connectivity index (χ1n) is 5.00. The van der Waals surface area contributed by atoms with E-state index in [1.807, 2.05) is 18.2 Å². The molecule has 0 aromatic rings. The molecule has 0 bridgehead atoms. The number of hydrogen-bond acceptors (Lipinski definition) is 3. The molecule has 0 amide bonds. The van der Waals surface area contributed by atoms with E-state index in [-0.39, 0.29) is 12.1 Å². The number of epoxide rings is 1. The number of hydrogen-bond donors (Lipinski definition) is 0. The molecule has 0 N–H and O–H groups in total. The maximum Gasteiger partial charge on any atom is 0.345 e.